The van der Waals surface area contributed by atoms with Crippen LogP contribution in [0, 0.1) is 6.92 Å². The summed E-state index contributed by atoms with van der Waals surface area (Å²) in [5.74, 6) is 1.06. The van der Waals surface area contributed by atoms with E-state index in [1.54, 1.807) is 0 Å². The number of nitrogens with zero attached hydrogens (tertiary/aromatic N) is 3. The van der Waals surface area contributed by atoms with Crippen molar-refractivity contribution in [2.24, 2.45) is 0 Å². The van der Waals surface area contributed by atoms with E-state index in [-0.39, 0.29) is 5.41 Å². The number of fused-ring (bicyclic) bond motifs is 3. The van der Waals surface area contributed by atoms with E-state index in [0.717, 1.165) is 24.4 Å². The van der Waals surface area contributed by atoms with Crippen LogP contribution in [0.2, 0.25) is 0 Å². The molecular formula is C15H19N3. The lowest BCUT2D eigenvalue weighted by molar-refractivity contribution is 0.584. The Morgan fingerprint density at radius 2 is 1.94 bits per heavy atom. The Kier molecular flexibility index (Phi) is 2.34. The fourth-order valence-corrected chi connectivity index (χ4v) is 2.51. The van der Waals surface area contributed by atoms with Gasteiger partial charge in [0.05, 0.1) is 5.69 Å². The Morgan fingerprint density at radius 1 is 1.17 bits per heavy atom. The molecule has 0 amide bonds. The number of pyridine rings is 1. The molecule has 3 heterocycles. The number of aromatic nitrogens is 3. The van der Waals surface area contributed by atoms with Crippen LogP contribution in [0.1, 0.15) is 43.3 Å². The maximum Gasteiger partial charge on any atom is 0.141 e. The van der Waals surface area contributed by atoms with Crippen LogP contribution < -0.4 is 0 Å². The quantitative estimate of drug-likeness (QED) is 0.710. The number of aryl methyl sites for hydroxylation is 2. The molecule has 0 N–H and O–H groups in total. The topological polar surface area (TPSA) is 30.7 Å². The standard InChI is InChI=1S/C15H19N3/c1-10-13-6-5-11-7-12(15(2,3)4)8-16-14(11)18(13)9-17-10/h7-9H,5-6H2,1-4H3. The van der Waals surface area contributed by atoms with Gasteiger partial charge in [0.1, 0.15) is 12.1 Å². The molecule has 0 aliphatic carbocycles. The molecule has 1 aliphatic heterocycles. The first-order valence-corrected chi connectivity index (χ1v) is 6.49. The van der Waals surface area contributed by atoms with Gasteiger partial charge in [0, 0.05) is 11.9 Å². The molecule has 3 rings (SSSR count). The third kappa shape index (κ3) is 1.65. The number of imidazole rings is 1. The fourth-order valence-electron chi connectivity index (χ4n) is 2.51. The van der Waals surface area contributed by atoms with Gasteiger partial charge in [-0.15, -0.1) is 0 Å². The molecule has 0 radical (unpaired) electrons. The van der Waals surface area contributed by atoms with Gasteiger partial charge in [-0.3, -0.25) is 4.57 Å². The molecule has 2 aromatic heterocycles. The molecule has 0 saturated heterocycles. The molecule has 0 atom stereocenters. The number of hydrogen-bond donors (Lipinski definition) is 0. The van der Waals surface area contributed by atoms with Crippen LogP contribution in [0.25, 0.3) is 5.82 Å². The zero-order valence-electron chi connectivity index (χ0n) is 11.5. The van der Waals surface area contributed by atoms with Crippen molar-refractivity contribution in [1.29, 1.82) is 0 Å². The second kappa shape index (κ2) is 3.67. The summed E-state index contributed by atoms with van der Waals surface area (Å²) < 4.78 is 2.14. The van der Waals surface area contributed by atoms with Gasteiger partial charge < -0.3 is 0 Å². The summed E-state index contributed by atoms with van der Waals surface area (Å²) in [7, 11) is 0. The van der Waals surface area contributed by atoms with Crippen LogP contribution in [0.15, 0.2) is 18.6 Å². The third-order valence-corrected chi connectivity index (χ3v) is 3.74. The Labute approximate surface area is 108 Å². The van der Waals surface area contributed by atoms with Gasteiger partial charge in [-0.1, -0.05) is 26.8 Å². The van der Waals surface area contributed by atoms with Crippen molar-refractivity contribution in [2.45, 2.75) is 46.0 Å². The van der Waals surface area contributed by atoms with Gasteiger partial charge in [0.2, 0.25) is 0 Å². The van der Waals surface area contributed by atoms with Crippen molar-refractivity contribution in [3.63, 3.8) is 0 Å². The minimum Gasteiger partial charge on any atom is -0.287 e. The molecule has 0 bridgehead atoms. The summed E-state index contributed by atoms with van der Waals surface area (Å²) in [6.45, 7) is 8.75. The maximum atomic E-state index is 4.66. The summed E-state index contributed by atoms with van der Waals surface area (Å²) in [5.41, 5.74) is 5.24. The number of rotatable bonds is 0. The summed E-state index contributed by atoms with van der Waals surface area (Å²) >= 11 is 0. The lowest BCUT2D eigenvalue weighted by Crippen LogP contribution is -2.17. The highest BCUT2D eigenvalue weighted by atomic mass is 15.1. The Bertz CT molecular complexity index is 603. The van der Waals surface area contributed by atoms with Gasteiger partial charge >= 0.3 is 0 Å². The summed E-state index contributed by atoms with van der Waals surface area (Å²) in [4.78, 5) is 9.05. The normalized spacial score (nSPS) is 14.2. The Hall–Kier alpha value is -1.64. The van der Waals surface area contributed by atoms with Crippen LogP contribution in [0.4, 0.5) is 0 Å². The first kappa shape index (κ1) is 11.5. The molecule has 3 heteroatoms. The smallest absolute Gasteiger partial charge is 0.141 e. The van der Waals surface area contributed by atoms with Crippen molar-refractivity contribution in [1.82, 2.24) is 14.5 Å². The van der Waals surface area contributed by atoms with Crippen molar-refractivity contribution in [2.75, 3.05) is 0 Å². The molecule has 1 aliphatic rings. The number of hydrogen-bond acceptors (Lipinski definition) is 2. The largest absolute Gasteiger partial charge is 0.287 e. The molecule has 0 fully saturated rings. The van der Waals surface area contributed by atoms with E-state index in [1.165, 1.54) is 16.8 Å². The predicted molar refractivity (Wildman–Crippen MR) is 72.2 cm³/mol. The summed E-state index contributed by atoms with van der Waals surface area (Å²) in [6, 6.07) is 2.31. The molecular weight excluding hydrogens is 222 g/mol. The average Bonchev–Trinajstić information content (AvgIpc) is 2.69. The zero-order chi connectivity index (χ0) is 12.9. The van der Waals surface area contributed by atoms with E-state index >= 15 is 0 Å². The second-order valence-electron chi connectivity index (χ2n) is 6.10. The summed E-state index contributed by atoms with van der Waals surface area (Å²) in [5, 5.41) is 0. The van der Waals surface area contributed by atoms with Gasteiger partial charge in [-0.05, 0) is 36.3 Å². The summed E-state index contributed by atoms with van der Waals surface area (Å²) in [6.07, 6.45) is 6.03. The molecule has 0 unspecified atom stereocenters. The minimum atomic E-state index is 0.160. The lowest BCUT2D eigenvalue weighted by Gasteiger charge is -2.23. The highest BCUT2D eigenvalue weighted by Gasteiger charge is 2.22. The molecule has 2 aromatic rings. The van der Waals surface area contributed by atoms with E-state index in [2.05, 4.69) is 48.3 Å². The molecule has 0 saturated carbocycles. The molecule has 0 aromatic carbocycles. The maximum absolute atomic E-state index is 4.66. The van der Waals surface area contributed by atoms with Crippen LogP contribution in [-0.4, -0.2) is 14.5 Å². The SMILES string of the molecule is Cc1ncn2c1CCc1cc(C(C)(C)C)cnc1-2. The first-order chi connectivity index (χ1) is 8.47. The second-order valence-corrected chi connectivity index (χ2v) is 6.10. The highest BCUT2D eigenvalue weighted by molar-refractivity contribution is 5.43. The van der Waals surface area contributed by atoms with Crippen molar-refractivity contribution in [3.05, 3.63) is 41.1 Å². The molecule has 94 valence electrons. The Morgan fingerprint density at radius 3 is 2.67 bits per heavy atom. The van der Waals surface area contributed by atoms with E-state index < -0.39 is 0 Å². The minimum absolute atomic E-state index is 0.160. The van der Waals surface area contributed by atoms with Gasteiger partial charge in [-0.25, -0.2) is 9.97 Å². The van der Waals surface area contributed by atoms with Crippen molar-refractivity contribution < 1.29 is 0 Å². The molecule has 0 spiro atoms. The van der Waals surface area contributed by atoms with Crippen molar-refractivity contribution >= 4 is 0 Å². The van der Waals surface area contributed by atoms with Gasteiger partial charge in [-0.2, -0.15) is 0 Å². The van der Waals surface area contributed by atoms with E-state index in [4.69, 9.17) is 0 Å². The van der Waals surface area contributed by atoms with Crippen LogP contribution >= 0.6 is 0 Å². The zero-order valence-corrected chi connectivity index (χ0v) is 11.5. The fraction of sp³-hybridized carbons (Fsp3) is 0.467. The Balaban J connectivity index is 2.14. The lowest BCUT2D eigenvalue weighted by atomic mass is 9.86. The highest BCUT2D eigenvalue weighted by Crippen LogP contribution is 2.29. The van der Waals surface area contributed by atoms with Crippen LogP contribution in [0.5, 0.6) is 0 Å². The van der Waals surface area contributed by atoms with Gasteiger partial charge in [0.15, 0.2) is 0 Å². The first-order valence-electron chi connectivity index (χ1n) is 6.49. The average molecular weight is 241 g/mol. The third-order valence-electron chi connectivity index (χ3n) is 3.74. The van der Waals surface area contributed by atoms with E-state index in [9.17, 15) is 0 Å². The van der Waals surface area contributed by atoms with Crippen LogP contribution in [-0.2, 0) is 18.3 Å². The predicted octanol–water partition coefficient (Wildman–Crippen LogP) is 2.97. The molecule has 18 heavy (non-hydrogen) atoms. The van der Waals surface area contributed by atoms with Crippen molar-refractivity contribution in [3.8, 4) is 5.82 Å². The monoisotopic (exact) mass is 241 g/mol. The van der Waals surface area contributed by atoms with Gasteiger partial charge in [0.25, 0.3) is 0 Å². The van der Waals surface area contributed by atoms with E-state index in [1.807, 2.05) is 12.5 Å². The van der Waals surface area contributed by atoms with E-state index in [0.29, 0.717) is 0 Å². The van der Waals surface area contributed by atoms with Crippen LogP contribution in [0.3, 0.4) is 0 Å². The molecule has 3 nitrogen and oxygen atoms in total.